The highest BCUT2D eigenvalue weighted by Crippen LogP contribution is 2.33. The molecular formula is C15H14N4O4. The molecule has 0 atom stereocenters. The van der Waals surface area contributed by atoms with Gasteiger partial charge in [-0.15, -0.1) is 0 Å². The molecule has 2 heterocycles. The van der Waals surface area contributed by atoms with E-state index in [0.717, 1.165) is 0 Å². The molecule has 0 saturated carbocycles. The fraction of sp³-hybridized carbons (Fsp3) is 0.133. The Hall–Kier alpha value is -3.29. The minimum Gasteiger partial charge on any atom is -0.497 e. The lowest BCUT2D eigenvalue weighted by Crippen LogP contribution is -2.11. The van der Waals surface area contributed by atoms with Crippen molar-refractivity contribution in [2.45, 2.75) is 0 Å². The summed E-state index contributed by atoms with van der Waals surface area (Å²) < 4.78 is 15.8. The van der Waals surface area contributed by atoms with Crippen molar-refractivity contribution >= 4 is 11.6 Å². The van der Waals surface area contributed by atoms with Crippen LogP contribution < -0.4 is 14.8 Å². The molecule has 0 saturated heterocycles. The van der Waals surface area contributed by atoms with Gasteiger partial charge in [0.05, 0.1) is 31.7 Å². The van der Waals surface area contributed by atoms with Gasteiger partial charge in [-0.3, -0.25) is 9.89 Å². The fourth-order valence-electron chi connectivity index (χ4n) is 2.03. The van der Waals surface area contributed by atoms with Crippen LogP contribution in [-0.2, 0) is 0 Å². The molecule has 0 unspecified atom stereocenters. The van der Waals surface area contributed by atoms with Crippen LogP contribution in [0, 0.1) is 0 Å². The molecule has 8 heteroatoms. The molecule has 0 fully saturated rings. The Balaban J connectivity index is 1.88. The molecule has 0 radical (unpaired) electrons. The summed E-state index contributed by atoms with van der Waals surface area (Å²) in [7, 11) is 3.12. The quantitative estimate of drug-likeness (QED) is 0.749. The molecule has 0 spiro atoms. The summed E-state index contributed by atoms with van der Waals surface area (Å²) >= 11 is 0. The van der Waals surface area contributed by atoms with Crippen LogP contribution in [0.15, 0.2) is 41.2 Å². The Bertz CT molecular complexity index is 811. The van der Waals surface area contributed by atoms with Crippen LogP contribution >= 0.6 is 0 Å². The van der Waals surface area contributed by atoms with E-state index in [4.69, 9.17) is 14.0 Å². The molecule has 0 aliphatic rings. The molecule has 8 nitrogen and oxygen atoms in total. The summed E-state index contributed by atoms with van der Waals surface area (Å²) in [5, 5.41) is 12.8. The first-order chi connectivity index (χ1) is 11.2. The van der Waals surface area contributed by atoms with Gasteiger partial charge in [-0.2, -0.15) is 5.10 Å². The van der Waals surface area contributed by atoms with Crippen LogP contribution in [0.25, 0.3) is 11.3 Å². The first-order valence-corrected chi connectivity index (χ1v) is 6.70. The summed E-state index contributed by atoms with van der Waals surface area (Å²) in [6.45, 7) is 0. The van der Waals surface area contributed by atoms with Gasteiger partial charge in [0.1, 0.15) is 11.5 Å². The third-order valence-corrected chi connectivity index (χ3v) is 3.17. The number of aromatic nitrogens is 3. The van der Waals surface area contributed by atoms with Gasteiger partial charge in [0.2, 0.25) is 0 Å². The van der Waals surface area contributed by atoms with Crippen molar-refractivity contribution < 1.29 is 18.8 Å². The predicted octanol–water partition coefficient (Wildman–Crippen LogP) is 2.33. The maximum atomic E-state index is 12.1. The number of amides is 1. The molecule has 0 bridgehead atoms. The number of carbonyl (C=O) groups is 1. The van der Waals surface area contributed by atoms with Crippen molar-refractivity contribution in [1.82, 2.24) is 15.4 Å². The average molecular weight is 314 g/mol. The number of nitrogens with zero attached hydrogens (tertiary/aromatic N) is 2. The Morgan fingerprint density at radius 2 is 2.13 bits per heavy atom. The summed E-state index contributed by atoms with van der Waals surface area (Å²) in [6, 6.07) is 6.80. The molecule has 1 amide bonds. The zero-order valence-electron chi connectivity index (χ0n) is 12.5. The molecule has 23 heavy (non-hydrogen) atoms. The molecule has 3 rings (SSSR count). The summed E-state index contributed by atoms with van der Waals surface area (Å²) in [4.78, 5) is 12.1. The van der Waals surface area contributed by atoms with E-state index >= 15 is 0 Å². The standard InChI is InChI=1S/C15H14N4O4/c1-21-10-3-4-13(22-2)11(5-10)14-6-12(19-23-14)15(20)18-9-7-16-17-8-9/h3-8H,1-2H3,(H,16,17)(H,18,20). The second-order valence-corrected chi connectivity index (χ2v) is 4.58. The Morgan fingerprint density at radius 1 is 1.26 bits per heavy atom. The number of hydrogen-bond acceptors (Lipinski definition) is 6. The van der Waals surface area contributed by atoms with E-state index in [0.29, 0.717) is 28.5 Å². The highest BCUT2D eigenvalue weighted by atomic mass is 16.5. The van der Waals surface area contributed by atoms with E-state index in [-0.39, 0.29) is 5.69 Å². The van der Waals surface area contributed by atoms with E-state index < -0.39 is 5.91 Å². The van der Waals surface area contributed by atoms with Crippen LogP contribution in [-0.4, -0.2) is 35.5 Å². The molecule has 0 aliphatic carbocycles. The third-order valence-electron chi connectivity index (χ3n) is 3.17. The number of anilines is 1. The molecular weight excluding hydrogens is 300 g/mol. The maximum absolute atomic E-state index is 12.1. The average Bonchev–Trinajstić information content (AvgIpc) is 3.25. The molecule has 0 aliphatic heterocycles. The Labute approximate surface area is 131 Å². The van der Waals surface area contributed by atoms with E-state index in [1.807, 2.05) is 0 Å². The summed E-state index contributed by atoms with van der Waals surface area (Å²) in [6.07, 6.45) is 3.05. The van der Waals surface area contributed by atoms with Crippen LogP contribution in [0.2, 0.25) is 0 Å². The molecule has 3 aromatic rings. The van der Waals surface area contributed by atoms with Gasteiger partial charge in [0.25, 0.3) is 5.91 Å². The first kappa shape index (κ1) is 14.6. The predicted molar refractivity (Wildman–Crippen MR) is 81.6 cm³/mol. The number of hydrogen-bond donors (Lipinski definition) is 2. The molecule has 118 valence electrons. The van der Waals surface area contributed by atoms with Gasteiger partial charge in [-0.05, 0) is 18.2 Å². The van der Waals surface area contributed by atoms with Crippen molar-refractivity contribution in [2.24, 2.45) is 0 Å². The van der Waals surface area contributed by atoms with Crippen molar-refractivity contribution in [1.29, 1.82) is 0 Å². The smallest absolute Gasteiger partial charge is 0.277 e. The van der Waals surface area contributed by atoms with Gasteiger partial charge >= 0.3 is 0 Å². The van der Waals surface area contributed by atoms with Crippen molar-refractivity contribution in [3.63, 3.8) is 0 Å². The first-order valence-electron chi connectivity index (χ1n) is 6.70. The number of methoxy groups -OCH3 is 2. The van der Waals surface area contributed by atoms with Gasteiger partial charge in [0.15, 0.2) is 11.5 Å². The number of carbonyl (C=O) groups excluding carboxylic acids is 1. The van der Waals surface area contributed by atoms with Crippen molar-refractivity contribution in [3.8, 4) is 22.8 Å². The number of ether oxygens (including phenoxy) is 2. The second-order valence-electron chi connectivity index (χ2n) is 4.58. The largest absolute Gasteiger partial charge is 0.497 e. The van der Waals surface area contributed by atoms with Gasteiger partial charge < -0.3 is 19.3 Å². The normalized spacial score (nSPS) is 10.3. The van der Waals surface area contributed by atoms with E-state index in [9.17, 15) is 4.79 Å². The van der Waals surface area contributed by atoms with Crippen LogP contribution in [0.4, 0.5) is 5.69 Å². The minimum atomic E-state index is -0.400. The Morgan fingerprint density at radius 3 is 2.83 bits per heavy atom. The van der Waals surface area contributed by atoms with E-state index in [1.54, 1.807) is 38.6 Å². The number of nitrogens with one attached hydrogen (secondary N) is 2. The minimum absolute atomic E-state index is 0.145. The zero-order valence-corrected chi connectivity index (χ0v) is 12.5. The lowest BCUT2D eigenvalue weighted by atomic mass is 10.1. The number of H-pyrrole nitrogens is 1. The van der Waals surface area contributed by atoms with Gasteiger partial charge in [-0.1, -0.05) is 5.16 Å². The second kappa shape index (κ2) is 6.22. The Kier molecular flexibility index (Phi) is 3.96. The van der Waals surface area contributed by atoms with Crippen LogP contribution in [0.1, 0.15) is 10.5 Å². The summed E-state index contributed by atoms with van der Waals surface area (Å²) in [5.41, 5.74) is 1.33. The molecule has 2 N–H and O–H groups in total. The SMILES string of the molecule is COc1ccc(OC)c(-c2cc(C(=O)Nc3cn[nH]c3)no2)c1. The lowest BCUT2D eigenvalue weighted by molar-refractivity contribution is 0.101. The van der Waals surface area contributed by atoms with Crippen LogP contribution in [0.5, 0.6) is 11.5 Å². The van der Waals surface area contributed by atoms with Crippen molar-refractivity contribution in [3.05, 3.63) is 42.4 Å². The van der Waals surface area contributed by atoms with E-state index in [1.165, 1.54) is 12.3 Å². The monoisotopic (exact) mass is 314 g/mol. The molecule has 2 aromatic heterocycles. The van der Waals surface area contributed by atoms with E-state index in [2.05, 4.69) is 20.7 Å². The zero-order chi connectivity index (χ0) is 16.2. The highest BCUT2D eigenvalue weighted by Gasteiger charge is 2.17. The van der Waals surface area contributed by atoms with Gasteiger partial charge in [0, 0.05) is 12.3 Å². The topological polar surface area (TPSA) is 102 Å². The van der Waals surface area contributed by atoms with Gasteiger partial charge in [-0.25, -0.2) is 0 Å². The van der Waals surface area contributed by atoms with Crippen molar-refractivity contribution in [2.75, 3.05) is 19.5 Å². The molecule has 1 aromatic carbocycles. The number of benzene rings is 1. The maximum Gasteiger partial charge on any atom is 0.277 e. The number of aromatic amines is 1. The fourth-order valence-corrected chi connectivity index (χ4v) is 2.03. The third kappa shape index (κ3) is 3.00. The highest BCUT2D eigenvalue weighted by molar-refractivity contribution is 6.03. The lowest BCUT2D eigenvalue weighted by Gasteiger charge is -2.07. The number of rotatable bonds is 5. The summed E-state index contributed by atoms with van der Waals surface area (Å²) in [5.74, 6) is 1.23. The van der Waals surface area contributed by atoms with Crippen LogP contribution in [0.3, 0.4) is 0 Å².